The van der Waals surface area contributed by atoms with Crippen molar-refractivity contribution in [2.45, 2.75) is 148 Å². The van der Waals surface area contributed by atoms with Crippen LogP contribution in [0.5, 0.6) is 0 Å². The minimum Gasteiger partial charge on any atom is -0.726 e. The van der Waals surface area contributed by atoms with Crippen molar-refractivity contribution in [1.29, 1.82) is 0 Å². The summed E-state index contributed by atoms with van der Waals surface area (Å²) >= 11 is 0. The standard InChI is InChI=1S/C33H58O18S4.4Na/c1-19(2)7-6-8-20(3)24-11-12-25-23-10-9-21-17-22(13-15-32(21,4)26(23)14-16-33(24,25)5)47-31-30(51-55(43,44)45)29(50-54(40,41)42)28(49-53(37,38)39)27(48-31)18-46-52(34,35)36;;;;/h19-31H,6-18H2,1-5H3,(H,34,35,36)(H,37,38,39)(H,40,41,42)(H,43,44,45);;;;/q;4*+1/p-4/t20-,21+,22+,23+,24-,25+,26+,27-,28-,29+,30+,31+,32+,33-;;;;/m1..../s1. The summed E-state index contributed by atoms with van der Waals surface area (Å²) in [6.07, 6.45) is -1.40. The first-order valence-corrected chi connectivity index (χ1v) is 24.4. The molecule has 18 nitrogen and oxygen atoms in total. The fourth-order valence-corrected chi connectivity index (χ4v) is 13.3. The van der Waals surface area contributed by atoms with Gasteiger partial charge in [0.05, 0.1) is 12.7 Å². The molecule has 1 aliphatic heterocycles. The van der Waals surface area contributed by atoms with Crippen LogP contribution in [-0.4, -0.2) is 95.3 Å². The predicted octanol–water partition coefficient (Wildman–Crippen LogP) is -8.75. The third-order valence-corrected chi connectivity index (χ3v) is 15.6. The molecule has 5 rings (SSSR count). The van der Waals surface area contributed by atoms with E-state index in [1.165, 1.54) is 32.1 Å². The number of fused-ring (bicyclic) bond motifs is 5. The van der Waals surface area contributed by atoms with Crippen molar-refractivity contribution in [1.82, 2.24) is 0 Å². The molecule has 0 N–H and O–H groups in total. The summed E-state index contributed by atoms with van der Waals surface area (Å²) in [5, 5.41) is 0. The Morgan fingerprint density at radius 3 is 1.75 bits per heavy atom. The van der Waals surface area contributed by atoms with Crippen LogP contribution in [-0.2, 0) is 67.8 Å². The van der Waals surface area contributed by atoms with E-state index in [1.807, 2.05) is 0 Å². The first kappa shape index (κ1) is 60.4. The number of hydrogen-bond acceptors (Lipinski definition) is 18. The van der Waals surface area contributed by atoms with Crippen LogP contribution in [0.1, 0.15) is 112 Å². The molecule has 59 heavy (non-hydrogen) atoms. The zero-order valence-corrected chi connectivity index (χ0v) is 46.9. The Morgan fingerprint density at radius 1 is 0.644 bits per heavy atom. The molecule has 0 unspecified atom stereocenters. The number of rotatable bonds is 16. The van der Waals surface area contributed by atoms with Crippen LogP contribution in [0.3, 0.4) is 0 Å². The molecule has 1 heterocycles. The summed E-state index contributed by atoms with van der Waals surface area (Å²) in [5.41, 5.74) is 0.210. The van der Waals surface area contributed by atoms with Crippen LogP contribution in [0.15, 0.2) is 0 Å². The third-order valence-electron chi connectivity index (χ3n) is 13.8. The maximum Gasteiger partial charge on any atom is 1.00 e. The van der Waals surface area contributed by atoms with Crippen molar-refractivity contribution in [3.8, 4) is 0 Å². The van der Waals surface area contributed by atoms with Gasteiger partial charge in [0.1, 0.15) is 18.3 Å². The first-order valence-electron chi connectivity index (χ1n) is 19.0. The van der Waals surface area contributed by atoms with Gasteiger partial charge in [-0.15, -0.1) is 0 Å². The average Bonchev–Trinajstić information content (AvgIpc) is 3.38. The molecule has 26 heteroatoms. The fraction of sp³-hybridized carbons (Fsp3) is 1.00. The molecule has 0 aromatic rings. The van der Waals surface area contributed by atoms with Gasteiger partial charge >= 0.3 is 118 Å². The van der Waals surface area contributed by atoms with E-state index in [4.69, 9.17) is 9.47 Å². The molecule has 0 amide bonds. The smallest absolute Gasteiger partial charge is 0.726 e. The van der Waals surface area contributed by atoms with E-state index in [1.54, 1.807) is 0 Å². The maximum atomic E-state index is 11.8. The Bertz CT molecular complexity index is 1810. The van der Waals surface area contributed by atoms with Crippen molar-refractivity contribution in [2.75, 3.05) is 6.61 Å². The molecule has 4 saturated carbocycles. The number of ether oxygens (including phenoxy) is 2. The molecule has 0 bridgehead atoms. The first-order chi connectivity index (χ1) is 25.2. The van der Waals surface area contributed by atoms with Crippen LogP contribution in [0.25, 0.3) is 0 Å². The summed E-state index contributed by atoms with van der Waals surface area (Å²) in [5.74, 6) is 3.81. The topological polar surface area (TPSA) is 284 Å². The largest absolute Gasteiger partial charge is 1.00 e. The molecule has 5 aliphatic rings. The van der Waals surface area contributed by atoms with Gasteiger partial charge in [0, 0.05) is 0 Å². The Labute approximate surface area is 439 Å². The third kappa shape index (κ3) is 16.0. The van der Waals surface area contributed by atoms with Crippen LogP contribution >= 0.6 is 0 Å². The molecule has 1 saturated heterocycles. The second-order valence-corrected chi connectivity index (χ2v) is 21.4. The number of hydrogen-bond donors (Lipinski definition) is 0. The van der Waals surface area contributed by atoms with Gasteiger partial charge in [0.15, 0.2) is 12.4 Å². The quantitative estimate of drug-likeness (QED) is 0.0601. The van der Waals surface area contributed by atoms with Crippen molar-refractivity contribution in [3.05, 3.63) is 0 Å². The van der Waals surface area contributed by atoms with Crippen LogP contribution in [0.2, 0.25) is 0 Å². The van der Waals surface area contributed by atoms with E-state index in [0.29, 0.717) is 54.8 Å². The summed E-state index contributed by atoms with van der Waals surface area (Å²) in [4.78, 5) is 0. The summed E-state index contributed by atoms with van der Waals surface area (Å²) in [7, 11) is -23.2. The van der Waals surface area contributed by atoms with Gasteiger partial charge in [-0.25, -0.2) is 33.7 Å². The second kappa shape index (κ2) is 23.6. The molecule has 14 atom stereocenters. The molecule has 0 aromatic carbocycles. The SMILES string of the molecule is CC(C)CCC[C@@H](C)[C@H]1CC[C@H]2[C@@H]3CC[C@H]4C[C@@H](O[C@H]5O[C@H](COS(=O)(=O)[O-])[C@@H](OS(=O)(=O)[O-])[C@H](OS(=O)(=O)[O-])[C@@H]5OS(=O)(=O)[O-])CC[C@]4(C)[C@H]3CC[C@]12C.[Na+].[Na+].[Na+].[Na+]. The van der Waals surface area contributed by atoms with E-state index in [2.05, 4.69) is 51.4 Å². The summed E-state index contributed by atoms with van der Waals surface area (Å²) < 4.78 is 168. The van der Waals surface area contributed by atoms with Gasteiger partial charge in [-0.3, -0.25) is 16.7 Å². The Balaban J connectivity index is 0.00000435. The van der Waals surface area contributed by atoms with Crippen LogP contribution in [0.4, 0.5) is 0 Å². The van der Waals surface area contributed by atoms with Crippen molar-refractivity contribution in [2.24, 2.45) is 52.3 Å². The summed E-state index contributed by atoms with van der Waals surface area (Å²) in [6, 6.07) is 0. The minimum absolute atomic E-state index is 0. The van der Waals surface area contributed by atoms with Crippen molar-refractivity contribution in [3.63, 3.8) is 0 Å². The normalized spacial score (nSPS) is 37.9. The minimum atomic E-state index is -5.92. The van der Waals surface area contributed by atoms with Gasteiger partial charge in [0.25, 0.3) is 0 Å². The summed E-state index contributed by atoms with van der Waals surface area (Å²) in [6.45, 7) is 10.3. The van der Waals surface area contributed by atoms with Crippen molar-refractivity contribution < 1.29 is 196 Å². The molecule has 5 fully saturated rings. The second-order valence-electron chi connectivity index (χ2n) is 17.4. The van der Waals surface area contributed by atoms with E-state index in [-0.39, 0.29) is 135 Å². The van der Waals surface area contributed by atoms with Gasteiger partial charge in [-0.2, -0.15) is 0 Å². The van der Waals surface area contributed by atoms with E-state index >= 15 is 0 Å². The van der Waals surface area contributed by atoms with E-state index in [9.17, 15) is 51.9 Å². The molecule has 322 valence electrons. The van der Waals surface area contributed by atoms with E-state index in [0.717, 1.165) is 25.7 Å². The van der Waals surface area contributed by atoms with Gasteiger partial charge in [-0.05, 0) is 110 Å². The van der Waals surface area contributed by atoms with Gasteiger partial charge < -0.3 is 27.7 Å². The van der Waals surface area contributed by atoms with E-state index < -0.39 is 85.0 Å². The Kier molecular flexibility index (Phi) is 24.2. The zero-order valence-electron chi connectivity index (χ0n) is 35.7. The van der Waals surface area contributed by atoms with Crippen molar-refractivity contribution >= 4 is 41.6 Å². The monoisotopic (exact) mass is 958 g/mol. The Morgan fingerprint density at radius 2 is 1.19 bits per heavy atom. The molecule has 4 aliphatic carbocycles. The fourth-order valence-electron chi connectivity index (χ4n) is 11.6. The zero-order chi connectivity index (χ0) is 40.9. The molecule has 0 spiro atoms. The molecular formula is C33H54Na4O18S4. The maximum absolute atomic E-state index is 11.8. The molecule has 0 radical (unpaired) electrons. The average molecular weight is 959 g/mol. The molecule has 0 aromatic heterocycles. The van der Waals surface area contributed by atoms with Crippen LogP contribution < -0.4 is 118 Å². The Hall–Kier alpha value is 3.40. The van der Waals surface area contributed by atoms with Gasteiger partial charge in [0.2, 0.25) is 41.6 Å². The molecular weight excluding hydrogens is 905 g/mol. The predicted molar refractivity (Wildman–Crippen MR) is 186 cm³/mol. The van der Waals surface area contributed by atoms with Gasteiger partial charge in [-0.1, -0.05) is 53.9 Å². The van der Waals surface area contributed by atoms with Crippen LogP contribution in [0, 0.1) is 52.3 Å².